The number of rotatable bonds is 6. The van der Waals surface area contributed by atoms with Crippen LogP contribution in [0.4, 0.5) is 5.69 Å². The first kappa shape index (κ1) is 16.3. The van der Waals surface area contributed by atoms with Gasteiger partial charge in [0.05, 0.1) is 18.1 Å². The SMILES string of the molecule is Cc1ncn(-c2ccc(NC(=O)[C@@H](N)C(C3CC3)C3CC3)cc2)c1C.[HH]. The Bertz CT molecular complexity index is 766. The third kappa shape index (κ3) is 3.33. The van der Waals surface area contributed by atoms with Gasteiger partial charge in [0.2, 0.25) is 5.91 Å². The van der Waals surface area contributed by atoms with E-state index >= 15 is 0 Å². The lowest BCUT2D eigenvalue weighted by atomic mass is 9.89. The number of imidazole rings is 1. The lowest BCUT2D eigenvalue weighted by Crippen LogP contribution is -2.43. The summed E-state index contributed by atoms with van der Waals surface area (Å²) in [6, 6.07) is 7.46. The number of anilines is 1. The Hall–Kier alpha value is -2.14. The molecule has 0 aliphatic heterocycles. The molecule has 1 aromatic carbocycles. The van der Waals surface area contributed by atoms with Crippen LogP contribution in [0, 0.1) is 31.6 Å². The van der Waals surface area contributed by atoms with E-state index in [-0.39, 0.29) is 7.33 Å². The first-order chi connectivity index (χ1) is 12.0. The third-order valence-corrected chi connectivity index (χ3v) is 5.71. The van der Waals surface area contributed by atoms with Crippen molar-refractivity contribution in [2.45, 2.75) is 45.6 Å². The molecular weight excluding hydrogens is 312 g/mol. The predicted octanol–water partition coefficient (Wildman–Crippen LogP) is 3.44. The van der Waals surface area contributed by atoms with Gasteiger partial charge in [-0.3, -0.25) is 4.79 Å². The molecule has 1 aromatic heterocycles. The van der Waals surface area contributed by atoms with E-state index < -0.39 is 6.04 Å². The van der Waals surface area contributed by atoms with Gasteiger partial charge in [-0.25, -0.2) is 4.98 Å². The van der Waals surface area contributed by atoms with Crippen LogP contribution in [0.1, 0.15) is 38.5 Å². The van der Waals surface area contributed by atoms with Crippen LogP contribution in [0.3, 0.4) is 0 Å². The van der Waals surface area contributed by atoms with Gasteiger partial charge in [0.15, 0.2) is 0 Å². The molecule has 0 unspecified atom stereocenters. The van der Waals surface area contributed by atoms with Crippen LogP contribution < -0.4 is 11.1 Å². The summed E-state index contributed by atoms with van der Waals surface area (Å²) in [5.41, 5.74) is 10.3. The van der Waals surface area contributed by atoms with E-state index in [9.17, 15) is 4.79 Å². The Kier molecular flexibility index (Phi) is 4.12. The highest BCUT2D eigenvalue weighted by Gasteiger charge is 2.46. The highest BCUT2D eigenvalue weighted by Crippen LogP contribution is 2.50. The van der Waals surface area contributed by atoms with Crippen LogP contribution >= 0.6 is 0 Å². The topological polar surface area (TPSA) is 72.9 Å². The van der Waals surface area contributed by atoms with Crippen molar-refractivity contribution in [2.24, 2.45) is 23.5 Å². The number of carbonyl (C=O) groups excluding carboxylic acids is 1. The number of nitrogens with one attached hydrogen (secondary N) is 1. The van der Waals surface area contributed by atoms with E-state index in [2.05, 4.69) is 10.3 Å². The maximum absolute atomic E-state index is 12.6. The maximum Gasteiger partial charge on any atom is 0.241 e. The van der Waals surface area contributed by atoms with Crippen molar-refractivity contribution in [1.29, 1.82) is 0 Å². The van der Waals surface area contributed by atoms with Gasteiger partial charge in [-0.15, -0.1) is 0 Å². The van der Waals surface area contributed by atoms with Crippen LogP contribution in [-0.4, -0.2) is 21.5 Å². The van der Waals surface area contributed by atoms with Crippen molar-refractivity contribution >= 4 is 11.6 Å². The van der Waals surface area contributed by atoms with Crippen molar-refractivity contribution in [1.82, 2.24) is 9.55 Å². The zero-order chi connectivity index (χ0) is 17.6. The van der Waals surface area contributed by atoms with E-state index in [4.69, 9.17) is 5.73 Å². The Morgan fingerprint density at radius 2 is 1.80 bits per heavy atom. The number of nitrogens with two attached hydrogens (primary N) is 1. The summed E-state index contributed by atoms with van der Waals surface area (Å²) in [5, 5.41) is 3.00. The Morgan fingerprint density at radius 1 is 1.20 bits per heavy atom. The Morgan fingerprint density at radius 3 is 2.28 bits per heavy atom. The summed E-state index contributed by atoms with van der Waals surface area (Å²) >= 11 is 0. The van der Waals surface area contributed by atoms with Crippen LogP contribution in [0.15, 0.2) is 30.6 Å². The molecule has 1 amide bonds. The summed E-state index contributed by atoms with van der Waals surface area (Å²) in [6.45, 7) is 4.05. The fourth-order valence-corrected chi connectivity index (χ4v) is 3.80. The molecule has 0 spiro atoms. The van der Waals surface area contributed by atoms with Crippen LogP contribution in [0.2, 0.25) is 0 Å². The van der Waals surface area contributed by atoms with Crippen molar-refractivity contribution in [3.05, 3.63) is 42.0 Å². The van der Waals surface area contributed by atoms with Crippen molar-refractivity contribution < 1.29 is 6.22 Å². The molecule has 134 valence electrons. The van der Waals surface area contributed by atoms with Gasteiger partial charge >= 0.3 is 0 Å². The summed E-state index contributed by atoms with van der Waals surface area (Å²) in [6.07, 6.45) is 6.77. The van der Waals surface area contributed by atoms with Crippen molar-refractivity contribution in [2.75, 3.05) is 5.32 Å². The quantitative estimate of drug-likeness (QED) is 0.846. The highest BCUT2D eigenvalue weighted by molar-refractivity contribution is 5.95. The minimum Gasteiger partial charge on any atom is -0.325 e. The molecule has 25 heavy (non-hydrogen) atoms. The normalized spacial score (nSPS) is 18.4. The molecule has 2 fully saturated rings. The largest absolute Gasteiger partial charge is 0.325 e. The van der Waals surface area contributed by atoms with E-state index in [0.29, 0.717) is 17.8 Å². The fraction of sp³-hybridized carbons (Fsp3) is 0.500. The lowest BCUT2D eigenvalue weighted by molar-refractivity contribution is -0.118. The molecule has 2 aromatic rings. The van der Waals surface area contributed by atoms with Crippen LogP contribution in [0.25, 0.3) is 5.69 Å². The van der Waals surface area contributed by atoms with Crippen molar-refractivity contribution in [3.63, 3.8) is 0 Å². The monoisotopic (exact) mass is 340 g/mol. The van der Waals surface area contributed by atoms with Gasteiger partial charge in [-0.1, -0.05) is 0 Å². The summed E-state index contributed by atoms with van der Waals surface area (Å²) in [7, 11) is 0. The smallest absolute Gasteiger partial charge is 0.241 e. The molecule has 1 atom stereocenters. The second kappa shape index (κ2) is 6.30. The first-order valence-corrected chi connectivity index (χ1v) is 9.22. The molecule has 1 heterocycles. The highest BCUT2D eigenvalue weighted by atomic mass is 16.2. The zero-order valence-corrected chi connectivity index (χ0v) is 14.9. The molecule has 2 aliphatic rings. The molecule has 2 aliphatic carbocycles. The number of nitrogens with zero attached hydrogens (tertiary/aromatic N) is 2. The van der Waals surface area contributed by atoms with E-state index in [1.165, 1.54) is 25.7 Å². The van der Waals surface area contributed by atoms with Gasteiger partial charge in [0, 0.05) is 18.5 Å². The second-order valence-electron chi connectivity index (χ2n) is 7.60. The summed E-state index contributed by atoms with van der Waals surface area (Å²) in [4.78, 5) is 16.9. The molecule has 2 saturated carbocycles. The van der Waals surface area contributed by atoms with E-state index in [0.717, 1.165) is 22.8 Å². The van der Waals surface area contributed by atoms with E-state index in [1.807, 2.05) is 49.0 Å². The molecule has 5 nitrogen and oxygen atoms in total. The molecule has 0 saturated heterocycles. The Balaban J connectivity index is 0.00000196. The molecule has 0 bridgehead atoms. The fourth-order valence-electron chi connectivity index (χ4n) is 3.80. The lowest BCUT2D eigenvalue weighted by Gasteiger charge is -2.23. The predicted molar refractivity (Wildman–Crippen MR) is 101 cm³/mol. The minimum absolute atomic E-state index is 0. The van der Waals surface area contributed by atoms with Gasteiger partial charge in [-0.05, 0) is 81.5 Å². The number of aromatic nitrogens is 2. The van der Waals surface area contributed by atoms with Gasteiger partial charge in [-0.2, -0.15) is 0 Å². The number of amides is 1. The number of hydrogen-bond donors (Lipinski definition) is 2. The van der Waals surface area contributed by atoms with Crippen LogP contribution in [0.5, 0.6) is 0 Å². The molecule has 0 radical (unpaired) electrons. The van der Waals surface area contributed by atoms with Gasteiger partial charge in [0.25, 0.3) is 0 Å². The standard InChI is InChI=1S/C20H26N4O.H2/c1-12-13(2)24(11-22-12)17-9-7-16(8-10-17)23-20(25)19(21)18(14-3-4-14)15-5-6-15;/h7-11,14-15,18-19H,3-6,21H2,1-2H3,(H,23,25);1H/t19-;/m0./s1. The Labute approximate surface area is 150 Å². The first-order valence-electron chi connectivity index (χ1n) is 9.22. The summed E-state index contributed by atoms with van der Waals surface area (Å²) in [5.74, 6) is 1.66. The second-order valence-corrected chi connectivity index (χ2v) is 7.60. The zero-order valence-electron chi connectivity index (χ0n) is 14.9. The molecule has 5 heteroatoms. The van der Waals surface area contributed by atoms with E-state index in [1.54, 1.807) is 0 Å². The van der Waals surface area contributed by atoms with Gasteiger partial charge < -0.3 is 15.6 Å². The van der Waals surface area contributed by atoms with Crippen LogP contribution in [-0.2, 0) is 4.79 Å². The minimum atomic E-state index is -0.391. The van der Waals surface area contributed by atoms with Gasteiger partial charge in [0.1, 0.15) is 0 Å². The number of carbonyl (C=O) groups is 1. The number of hydrogen-bond acceptors (Lipinski definition) is 3. The molecular formula is C20H28N4O. The van der Waals surface area contributed by atoms with Crippen molar-refractivity contribution in [3.8, 4) is 5.69 Å². The molecule has 4 rings (SSSR count). The summed E-state index contributed by atoms with van der Waals surface area (Å²) < 4.78 is 2.04. The molecule has 3 N–H and O–H groups in total. The average Bonchev–Trinajstić information content (AvgIpc) is 3.51. The third-order valence-electron chi connectivity index (χ3n) is 5.71. The number of benzene rings is 1. The average molecular weight is 340 g/mol. The maximum atomic E-state index is 12.6. The number of aryl methyl sites for hydroxylation is 1.